The fourth-order valence-corrected chi connectivity index (χ4v) is 2.17. The summed E-state index contributed by atoms with van der Waals surface area (Å²) in [6.07, 6.45) is 1.59. The van der Waals surface area contributed by atoms with Crippen LogP contribution in [0.15, 0.2) is 28.9 Å². The SMILES string of the molecule is COc1ccc(-c2ccoc2CN)c(OC)c1Cl. The molecule has 1 aromatic heterocycles. The van der Waals surface area contributed by atoms with Gasteiger partial charge in [-0.3, -0.25) is 0 Å². The Bertz CT molecular complexity index is 551. The zero-order chi connectivity index (χ0) is 13.1. The van der Waals surface area contributed by atoms with Crippen molar-refractivity contribution in [3.05, 3.63) is 35.2 Å². The van der Waals surface area contributed by atoms with Gasteiger partial charge in [-0.25, -0.2) is 0 Å². The highest BCUT2D eigenvalue weighted by atomic mass is 35.5. The molecule has 0 spiro atoms. The van der Waals surface area contributed by atoms with Crippen LogP contribution >= 0.6 is 11.6 Å². The van der Waals surface area contributed by atoms with Gasteiger partial charge in [0, 0.05) is 11.1 Å². The van der Waals surface area contributed by atoms with Crippen LogP contribution in [0.1, 0.15) is 5.76 Å². The highest BCUT2D eigenvalue weighted by Gasteiger charge is 2.17. The summed E-state index contributed by atoms with van der Waals surface area (Å²) in [7, 11) is 3.12. The Kier molecular flexibility index (Phi) is 3.79. The van der Waals surface area contributed by atoms with Crippen molar-refractivity contribution in [3.63, 3.8) is 0 Å². The maximum Gasteiger partial charge on any atom is 0.149 e. The topological polar surface area (TPSA) is 57.6 Å². The average Bonchev–Trinajstić information content (AvgIpc) is 2.86. The Balaban J connectivity index is 2.61. The quantitative estimate of drug-likeness (QED) is 0.925. The third-order valence-corrected chi connectivity index (χ3v) is 3.06. The van der Waals surface area contributed by atoms with E-state index in [1.165, 1.54) is 0 Å². The third kappa shape index (κ3) is 2.05. The van der Waals surface area contributed by atoms with E-state index in [-0.39, 0.29) is 0 Å². The van der Waals surface area contributed by atoms with Crippen molar-refractivity contribution in [2.24, 2.45) is 5.73 Å². The molecule has 0 amide bonds. The van der Waals surface area contributed by atoms with Crippen molar-refractivity contribution in [2.45, 2.75) is 6.54 Å². The van der Waals surface area contributed by atoms with Crippen LogP contribution in [0.2, 0.25) is 5.02 Å². The van der Waals surface area contributed by atoms with Crippen molar-refractivity contribution in [1.82, 2.24) is 0 Å². The highest BCUT2D eigenvalue weighted by molar-refractivity contribution is 6.34. The summed E-state index contributed by atoms with van der Waals surface area (Å²) in [5.74, 6) is 1.80. The second-order valence-corrected chi connectivity index (χ2v) is 4.00. The standard InChI is InChI=1S/C13H14ClNO3/c1-16-10-4-3-9(13(17-2)12(10)14)8-5-6-18-11(8)7-15/h3-6H,7,15H2,1-2H3. The summed E-state index contributed by atoms with van der Waals surface area (Å²) >= 11 is 6.21. The molecule has 2 N–H and O–H groups in total. The average molecular weight is 268 g/mol. The van der Waals surface area contributed by atoms with Gasteiger partial charge in [0.2, 0.25) is 0 Å². The van der Waals surface area contributed by atoms with E-state index in [0.717, 1.165) is 11.1 Å². The molecule has 0 fully saturated rings. The van der Waals surface area contributed by atoms with Gasteiger partial charge in [0.05, 0.1) is 27.0 Å². The van der Waals surface area contributed by atoms with Crippen molar-refractivity contribution < 1.29 is 13.9 Å². The van der Waals surface area contributed by atoms with E-state index in [0.29, 0.717) is 28.8 Å². The molecular weight excluding hydrogens is 254 g/mol. The molecule has 0 bridgehead atoms. The lowest BCUT2D eigenvalue weighted by Gasteiger charge is -2.12. The van der Waals surface area contributed by atoms with Crippen molar-refractivity contribution in [3.8, 4) is 22.6 Å². The van der Waals surface area contributed by atoms with Gasteiger partial charge in [0.15, 0.2) is 0 Å². The Morgan fingerprint density at radius 2 is 1.94 bits per heavy atom. The molecule has 18 heavy (non-hydrogen) atoms. The Labute approximate surface area is 110 Å². The third-order valence-electron chi connectivity index (χ3n) is 2.71. The number of benzene rings is 1. The van der Waals surface area contributed by atoms with Crippen molar-refractivity contribution in [2.75, 3.05) is 14.2 Å². The van der Waals surface area contributed by atoms with Crippen LogP contribution < -0.4 is 15.2 Å². The predicted molar refractivity (Wildman–Crippen MR) is 70.1 cm³/mol. The Morgan fingerprint density at radius 1 is 1.17 bits per heavy atom. The summed E-state index contributed by atoms with van der Waals surface area (Å²) in [6.45, 7) is 0.315. The van der Waals surface area contributed by atoms with Gasteiger partial charge in [0.1, 0.15) is 22.3 Å². The fraction of sp³-hybridized carbons (Fsp3) is 0.231. The minimum atomic E-state index is 0.315. The zero-order valence-electron chi connectivity index (χ0n) is 10.2. The highest BCUT2D eigenvalue weighted by Crippen LogP contribution is 2.42. The minimum Gasteiger partial charge on any atom is -0.495 e. The van der Waals surface area contributed by atoms with Crippen LogP contribution in [0.25, 0.3) is 11.1 Å². The van der Waals surface area contributed by atoms with E-state index in [9.17, 15) is 0 Å². The number of ether oxygens (including phenoxy) is 2. The molecule has 0 aliphatic heterocycles. The Morgan fingerprint density at radius 3 is 2.56 bits per heavy atom. The molecule has 1 aromatic carbocycles. The van der Waals surface area contributed by atoms with Gasteiger partial charge in [-0.2, -0.15) is 0 Å². The van der Waals surface area contributed by atoms with Gasteiger partial charge in [-0.05, 0) is 18.2 Å². The molecule has 0 atom stereocenters. The summed E-state index contributed by atoms with van der Waals surface area (Å²) in [5.41, 5.74) is 7.33. The molecular formula is C13H14ClNO3. The lowest BCUT2D eigenvalue weighted by Crippen LogP contribution is -1.98. The summed E-state index contributed by atoms with van der Waals surface area (Å²) in [6, 6.07) is 5.49. The molecule has 0 saturated heterocycles. The van der Waals surface area contributed by atoms with Gasteiger partial charge in [-0.15, -0.1) is 0 Å². The summed E-state index contributed by atoms with van der Waals surface area (Å²) < 4.78 is 15.8. The maximum absolute atomic E-state index is 6.21. The maximum atomic E-state index is 6.21. The van der Waals surface area contributed by atoms with Crippen LogP contribution in [0.4, 0.5) is 0 Å². The van der Waals surface area contributed by atoms with Crippen LogP contribution in [0, 0.1) is 0 Å². The number of furan rings is 1. The number of methoxy groups -OCH3 is 2. The van der Waals surface area contributed by atoms with E-state index in [1.807, 2.05) is 12.1 Å². The van der Waals surface area contributed by atoms with E-state index in [2.05, 4.69) is 0 Å². The summed E-state index contributed by atoms with van der Waals surface area (Å²) in [5, 5.41) is 0.432. The molecule has 2 rings (SSSR count). The van der Waals surface area contributed by atoms with Gasteiger partial charge >= 0.3 is 0 Å². The van der Waals surface area contributed by atoms with E-state index < -0.39 is 0 Å². The molecule has 0 aliphatic carbocycles. The van der Waals surface area contributed by atoms with Crippen molar-refractivity contribution in [1.29, 1.82) is 0 Å². The molecule has 5 heteroatoms. The monoisotopic (exact) mass is 267 g/mol. The van der Waals surface area contributed by atoms with Crippen LogP contribution in [-0.2, 0) is 6.54 Å². The molecule has 96 valence electrons. The smallest absolute Gasteiger partial charge is 0.149 e. The van der Waals surface area contributed by atoms with E-state index >= 15 is 0 Å². The minimum absolute atomic E-state index is 0.315. The van der Waals surface area contributed by atoms with Gasteiger partial charge < -0.3 is 19.6 Å². The number of hydrogen-bond acceptors (Lipinski definition) is 4. The molecule has 0 saturated carbocycles. The van der Waals surface area contributed by atoms with Crippen LogP contribution in [0.3, 0.4) is 0 Å². The fourth-order valence-electron chi connectivity index (χ4n) is 1.85. The molecule has 1 heterocycles. The van der Waals surface area contributed by atoms with E-state index in [1.54, 1.807) is 26.5 Å². The lowest BCUT2D eigenvalue weighted by atomic mass is 10.0. The molecule has 2 aromatic rings. The number of rotatable bonds is 4. The van der Waals surface area contributed by atoms with Crippen LogP contribution in [0.5, 0.6) is 11.5 Å². The number of halogens is 1. The lowest BCUT2D eigenvalue weighted by molar-refractivity contribution is 0.395. The first-order valence-corrected chi connectivity index (χ1v) is 5.78. The summed E-state index contributed by atoms with van der Waals surface area (Å²) in [4.78, 5) is 0. The number of nitrogens with two attached hydrogens (primary N) is 1. The van der Waals surface area contributed by atoms with Gasteiger partial charge in [-0.1, -0.05) is 11.6 Å². The molecule has 0 aliphatic rings. The van der Waals surface area contributed by atoms with Gasteiger partial charge in [0.25, 0.3) is 0 Å². The largest absolute Gasteiger partial charge is 0.495 e. The second-order valence-electron chi connectivity index (χ2n) is 3.62. The molecule has 4 nitrogen and oxygen atoms in total. The first-order chi connectivity index (χ1) is 8.72. The normalized spacial score (nSPS) is 10.4. The second kappa shape index (κ2) is 5.33. The first-order valence-electron chi connectivity index (χ1n) is 5.40. The van der Waals surface area contributed by atoms with Crippen molar-refractivity contribution >= 4 is 11.6 Å². The molecule has 0 radical (unpaired) electrons. The Hall–Kier alpha value is -1.65. The predicted octanol–water partition coefficient (Wildman–Crippen LogP) is 3.08. The number of hydrogen-bond donors (Lipinski definition) is 1. The zero-order valence-corrected chi connectivity index (χ0v) is 11.0. The first kappa shape index (κ1) is 12.8. The van der Waals surface area contributed by atoms with Crippen LogP contribution in [-0.4, -0.2) is 14.2 Å². The van der Waals surface area contributed by atoms with E-state index in [4.69, 9.17) is 31.2 Å². The molecule has 0 unspecified atom stereocenters.